The van der Waals surface area contributed by atoms with Crippen molar-refractivity contribution in [3.63, 3.8) is 0 Å². The Balaban J connectivity index is 2.51. The Morgan fingerprint density at radius 3 is 2.68 bits per heavy atom. The minimum Gasteiger partial charge on any atom is -0.461 e. The lowest BCUT2D eigenvalue weighted by Gasteiger charge is -2.28. The Morgan fingerprint density at radius 2 is 2.11 bits per heavy atom. The molecule has 0 spiro atoms. The first-order chi connectivity index (χ1) is 8.83. The first kappa shape index (κ1) is 15.5. The van der Waals surface area contributed by atoms with Gasteiger partial charge in [-0.15, -0.1) is 0 Å². The fourth-order valence-corrected chi connectivity index (χ4v) is 2.01. The monoisotopic (exact) mass is 269 g/mol. The maximum atomic E-state index is 12.0. The number of carbonyl (C=O) groups is 2. The second-order valence-corrected chi connectivity index (χ2v) is 5.65. The van der Waals surface area contributed by atoms with E-state index in [0.29, 0.717) is 6.54 Å². The lowest BCUT2D eigenvalue weighted by molar-refractivity contribution is -0.143. The Morgan fingerprint density at radius 1 is 1.42 bits per heavy atom. The van der Waals surface area contributed by atoms with E-state index in [1.807, 2.05) is 20.8 Å². The van der Waals surface area contributed by atoms with Gasteiger partial charge in [0.1, 0.15) is 12.2 Å². The summed E-state index contributed by atoms with van der Waals surface area (Å²) >= 11 is 0. The molecular weight excluding hydrogens is 246 g/mol. The molecule has 0 radical (unpaired) electrons. The standard InChI is InChI=1S/C14H23NO4/c1-5-9-18-12(16)10-11-7-6-8-15(11)13(17)19-14(2,3)4/h5,11H,1,6-10H2,2-4H3/t11-/m0/s1. The van der Waals surface area contributed by atoms with Crippen LogP contribution in [0.1, 0.15) is 40.0 Å². The van der Waals surface area contributed by atoms with Gasteiger partial charge in [-0.25, -0.2) is 4.79 Å². The van der Waals surface area contributed by atoms with E-state index in [4.69, 9.17) is 9.47 Å². The third-order valence-electron chi connectivity index (χ3n) is 2.77. The maximum absolute atomic E-state index is 12.0. The average Bonchev–Trinajstić information content (AvgIpc) is 2.72. The number of hydrogen-bond acceptors (Lipinski definition) is 4. The highest BCUT2D eigenvalue weighted by Crippen LogP contribution is 2.23. The Bertz CT molecular complexity index is 346. The van der Waals surface area contributed by atoms with Crippen LogP contribution in [0.4, 0.5) is 4.79 Å². The molecule has 1 aliphatic heterocycles. The first-order valence-electron chi connectivity index (χ1n) is 6.59. The molecule has 0 bridgehead atoms. The molecule has 5 nitrogen and oxygen atoms in total. The van der Waals surface area contributed by atoms with Gasteiger partial charge in [0, 0.05) is 12.6 Å². The molecule has 19 heavy (non-hydrogen) atoms. The zero-order chi connectivity index (χ0) is 14.5. The minimum atomic E-state index is -0.520. The van der Waals surface area contributed by atoms with Gasteiger partial charge >= 0.3 is 12.1 Å². The molecule has 0 aliphatic carbocycles. The molecule has 108 valence electrons. The molecule has 1 amide bonds. The van der Waals surface area contributed by atoms with Crippen molar-refractivity contribution in [2.75, 3.05) is 13.2 Å². The molecule has 0 N–H and O–H groups in total. The Labute approximate surface area is 114 Å². The minimum absolute atomic E-state index is 0.118. The summed E-state index contributed by atoms with van der Waals surface area (Å²) in [4.78, 5) is 25.2. The van der Waals surface area contributed by atoms with Gasteiger partial charge in [0.2, 0.25) is 0 Å². The number of ether oxygens (including phenoxy) is 2. The van der Waals surface area contributed by atoms with Crippen LogP contribution in [-0.4, -0.2) is 41.8 Å². The lowest BCUT2D eigenvalue weighted by atomic mass is 10.1. The number of esters is 1. The number of rotatable bonds is 4. The summed E-state index contributed by atoms with van der Waals surface area (Å²) in [5.41, 5.74) is -0.520. The average molecular weight is 269 g/mol. The van der Waals surface area contributed by atoms with Crippen LogP contribution < -0.4 is 0 Å². The van der Waals surface area contributed by atoms with Crippen molar-refractivity contribution < 1.29 is 19.1 Å². The number of hydrogen-bond donors (Lipinski definition) is 0. The Kier molecular flexibility index (Phi) is 5.39. The fraction of sp³-hybridized carbons (Fsp3) is 0.714. The molecule has 0 aromatic rings. The normalized spacial score (nSPS) is 19.1. The van der Waals surface area contributed by atoms with Crippen molar-refractivity contribution in [3.05, 3.63) is 12.7 Å². The molecule has 5 heteroatoms. The molecule has 1 rings (SSSR count). The van der Waals surface area contributed by atoms with Crippen LogP contribution in [0.5, 0.6) is 0 Å². The van der Waals surface area contributed by atoms with E-state index < -0.39 is 5.60 Å². The zero-order valence-corrected chi connectivity index (χ0v) is 12.0. The van der Waals surface area contributed by atoms with Gasteiger partial charge in [-0.2, -0.15) is 0 Å². The largest absolute Gasteiger partial charge is 0.461 e. The maximum Gasteiger partial charge on any atom is 0.410 e. The van der Waals surface area contributed by atoms with Crippen LogP contribution in [0, 0.1) is 0 Å². The predicted octanol–water partition coefficient (Wildman–Crippen LogP) is 2.51. The molecule has 1 atom stereocenters. The van der Waals surface area contributed by atoms with Gasteiger partial charge in [-0.05, 0) is 33.6 Å². The number of nitrogens with zero attached hydrogens (tertiary/aromatic N) is 1. The van der Waals surface area contributed by atoms with Crippen LogP contribution in [0.25, 0.3) is 0 Å². The molecule has 1 aliphatic rings. The van der Waals surface area contributed by atoms with Crippen LogP contribution >= 0.6 is 0 Å². The van der Waals surface area contributed by atoms with Gasteiger partial charge < -0.3 is 14.4 Å². The Hall–Kier alpha value is -1.52. The van der Waals surface area contributed by atoms with Crippen LogP contribution in [0.15, 0.2) is 12.7 Å². The van der Waals surface area contributed by atoms with Crippen molar-refractivity contribution in [2.45, 2.75) is 51.7 Å². The van der Waals surface area contributed by atoms with Crippen LogP contribution in [0.2, 0.25) is 0 Å². The van der Waals surface area contributed by atoms with Gasteiger partial charge in [0.25, 0.3) is 0 Å². The van der Waals surface area contributed by atoms with E-state index in [2.05, 4.69) is 6.58 Å². The molecule has 0 unspecified atom stereocenters. The lowest BCUT2D eigenvalue weighted by Crippen LogP contribution is -2.40. The highest BCUT2D eigenvalue weighted by atomic mass is 16.6. The summed E-state index contributed by atoms with van der Waals surface area (Å²) in [7, 11) is 0. The summed E-state index contributed by atoms with van der Waals surface area (Å²) < 4.78 is 10.3. The number of carbonyl (C=O) groups excluding carboxylic acids is 2. The van der Waals surface area contributed by atoms with Crippen molar-refractivity contribution in [1.29, 1.82) is 0 Å². The number of likely N-dealkylation sites (tertiary alicyclic amines) is 1. The first-order valence-corrected chi connectivity index (χ1v) is 6.59. The molecule has 0 aromatic heterocycles. The van der Waals surface area contributed by atoms with Crippen LogP contribution in [0.3, 0.4) is 0 Å². The van der Waals surface area contributed by atoms with Gasteiger partial charge in [-0.3, -0.25) is 4.79 Å². The summed E-state index contributed by atoms with van der Waals surface area (Å²) in [5, 5.41) is 0. The van der Waals surface area contributed by atoms with E-state index in [-0.39, 0.29) is 31.1 Å². The van der Waals surface area contributed by atoms with Crippen molar-refractivity contribution in [1.82, 2.24) is 4.90 Å². The third kappa shape index (κ3) is 5.32. The number of amides is 1. The van der Waals surface area contributed by atoms with Gasteiger partial charge in [0.15, 0.2) is 0 Å². The molecule has 0 saturated carbocycles. The predicted molar refractivity (Wildman–Crippen MR) is 71.7 cm³/mol. The molecule has 0 aromatic carbocycles. The van der Waals surface area contributed by atoms with Crippen molar-refractivity contribution in [3.8, 4) is 0 Å². The molecule has 1 fully saturated rings. The van der Waals surface area contributed by atoms with E-state index >= 15 is 0 Å². The summed E-state index contributed by atoms with van der Waals surface area (Å²) in [5.74, 6) is -0.305. The molecule has 1 heterocycles. The highest BCUT2D eigenvalue weighted by Gasteiger charge is 2.33. The quantitative estimate of drug-likeness (QED) is 0.581. The fourth-order valence-electron chi connectivity index (χ4n) is 2.01. The topological polar surface area (TPSA) is 55.8 Å². The smallest absolute Gasteiger partial charge is 0.410 e. The molecule has 1 saturated heterocycles. The van der Waals surface area contributed by atoms with Crippen molar-refractivity contribution in [2.24, 2.45) is 0 Å². The summed E-state index contributed by atoms with van der Waals surface area (Å²) in [6.45, 7) is 9.81. The summed E-state index contributed by atoms with van der Waals surface area (Å²) in [6, 6.07) is -0.118. The van der Waals surface area contributed by atoms with Crippen molar-refractivity contribution >= 4 is 12.1 Å². The van der Waals surface area contributed by atoms with E-state index in [0.717, 1.165) is 12.8 Å². The second-order valence-electron chi connectivity index (χ2n) is 5.65. The third-order valence-corrected chi connectivity index (χ3v) is 2.77. The van der Waals surface area contributed by atoms with E-state index in [1.165, 1.54) is 6.08 Å². The van der Waals surface area contributed by atoms with Gasteiger partial charge in [0.05, 0.1) is 6.42 Å². The van der Waals surface area contributed by atoms with Gasteiger partial charge in [-0.1, -0.05) is 12.7 Å². The van der Waals surface area contributed by atoms with E-state index in [9.17, 15) is 9.59 Å². The summed E-state index contributed by atoms with van der Waals surface area (Å²) in [6.07, 6.45) is 3.08. The molecular formula is C14H23NO4. The highest BCUT2D eigenvalue weighted by molar-refractivity contribution is 5.73. The SMILES string of the molecule is C=CCOC(=O)C[C@@H]1CCCN1C(=O)OC(C)(C)C. The second kappa shape index (κ2) is 6.59. The van der Waals surface area contributed by atoms with E-state index in [1.54, 1.807) is 4.90 Å². The zero-order valence-electron chi connectivity index (χ0n) is 12.0. The van der Waals surface area contributed by atoms with Crippen LogP contribution in [-0.2, 0) is 14.3 Å².